The van der Waals surface area contributed by atoms with E-state index in [1.54, 1.807) is 25.9 Å². The Morgan fingerprint density at radius 3 is 1.93 bits per heavy atom. The minimum Gasteiger partial charge on any atom is -0.481 e. The summed E-state index contributed by atoms with van der Waals surface area (Å²) in [7, 11) is 4.64. The number of carboxylic acids is 2. The number of carbonyl (C=O) groups is 3. The first-order chi connectivity index (χ1) is 26.6. The Labute approximate surface area is 324 Å². The minimum absolute atomic E-state index is 0.00843. The highest BCUT2D eigenvalue weighted by atomic mass is 19.4. The predicted molar refractivity (Wildman–Crippen MR) is 194 cm³/mol. The molecule has 0 fully saturated rings. The van der Waals surface area contributed by atoms with Crippen molar-refractivity contribution in [2.75, 3.05) is 44.2 Å². The quantitative estimate of drug-likeness (QED) is 0.0838. The molecule has 14 nitrogen and oxygen atoms in total. The maximum absolute atomic E-state index is 13.5. The third kappa shape index (κ3) is 12.9. The summed E-state index contributed by atoms with van der Waals surface area (Å²) in [5.41, 5.74) is 3.00. The van der Waals surface area contributed by atoms with Gasteiger partial charge in [-0.05, 0) is 68.4 Å². The summed E-state index contributed by atoms with van der Waals surface area (Å²) < 4.78 is 91.5. The van der Waals surface area contributed by atoms with Crippen molar-refractivity contribution in [2.45, 2.75) is 88.6 Å². The fourth-order valence-electron chi connectivity index (χ4n) is 6.07. The number of ether oxygens (including phenoxy) is 2. The van der Waals surface area contributed by atoms with Gasteiger partial charge in [-0.3, -0.25) is 14.5 Å². The van der Waals surface area contributed by atoms with Gasteiger partial charge in [0, 0.05) is 52.6 Å². The third-order valence-corrected chi connectivity index (χ3v) is 9.00. The van der Waals surface area contributed by atoms with Crippen molar-refractivity contribution in [1.29, 1.82) is 0 Å². The zero-order valence-electron chi connectivity index (χ0n) is 31.8. The van der Waals surface area contributed by atoms with Crippen molar-refractivity contribution in [1.82, 2.24) is 15.0 Å². The molecule has 2 aromatic heterocycles. The van der Waals surface area contributed by atoms with Gasteiger partial charge in [0.15, 0.2) is 0 Å². The molecule has 1 amide bonds. The van der Waals surface area contributed by atoms with E-state index in [2.05, 4.69) is 15.0 Å². The van der Waals surface area contributed by atoms with Gasteiger partial charge in [-0.1, -0.05) is 6.92 Å². The highest BCUT2D eigenvalue weighted by Gasteiger charge is 2.47. The monoisotopic (exact) mass is 816 g/mol. The van der Waals surface area contributed by atoms with Gasteiger partial charge < -0.3 is 35.4 Å². The maximum Gasteiger partial charge on any atom is 0.416 e. The molecular formula is C37H46F6N6O8. The molecule has 3 aromatic rings. The van der Waals surface area contributed by atoms with Crippen LogP contribution in [0.25, 0.3) is 0 Å². The average molecular weight is 817 g/mol. The standard InChI is InChI=1S/C27H28F6N6O3.C10H18O5/c1-5-25(34)12-17(22-19(39(25)24(40)41)6-7-21(37-22)42-4)23-35-13-20(38(2)3)18(36-23)10-14-8-15(26(28,29)30)11-16(9-14)27(31,32)33;11-9(12)5-1-3-7-15-8-4-2-6-10(13)14/h6-9,11,13,17H,5,10,12,34H2,1-4H3,(H,40,41);1-8H2,(H,11,12)(H,13,14)/t17-,25+;/m0./s1. The smallest absolute Gasteiger partial charge is 0.416 e. The van der Waals surface area contributed by atoms with E-state index < -0.39 is 53.1 Å². The van der Waals surface area contributed by atoms with Crippen LogP contribution in [0.5, 0.6) is 5.88 Å². The normalized spacial score (nSPS) is 16.6. The number of unbranched alkanes of at least 4 members (excludes halogenated alkanes) is 2. The summed E-state index contributed by atoms with van der Waals surface area (Å²) in [5.74, 6) is -2.04. The summed E-state index contributed by atoms with van der Waals surface area (Å²) in [6.07, 6.45) is -6.99. The number of alkyl halides is 6. The molecule has 0 saturated carbocycles. The summed E-state index contributed by atoms with van der Waals surface area (Å²) in [6.45, 7) is 2.82. The average Bonchev–Trinajstić information content (AvgIpc) is 3.12. The molecule has 3 heterocycles. The van der Waals surface area contributed by atoms with Gasteiger partial charge in [-0.2, -0.15) is 26.3 Å². The number of methoxy groups -OCH3 is 1. The number of nitrogens with zero attached hydrogens (tertiary/aromatic N) is 5. The van der Waals surface area contributed by atoms with Crippen molar-refractivity contribution < 1.29 is 65.5 Å². The maximum atomic E-state index is 13.5. The van der Waals surface area contributed by atoms with Crippen LogP contribution < -0.4 is 20.3 Å². The van der Waals surface area contributed by atoms with Crippen LogP contribution in [0.3, 0.4) is 0 Å². The third-order valence-electron chi connectivity index (χ3n) is 9.00. The number of rotatable bonds is 16. The number of hydrogen-bond acceptors (Lipinski definition) is 10. The number of halogens is 6. The van der Waals surface area contributed by atoms with Crippen LogP contribution in [0.4, 0.5) is 42.5 Å². The van der Waals surface area contributed by atoms with Gasteiger partial charge in [-0.15, -0.1) is 0 Å². The van der Waals surface area contributed by atoms with Crippen molar-refractivity contribution in [3.8, 4) is 5.88 Å². The molecule has 314 valence electrons. The largest absolute Gasteiger partial charge is 0.481 e. The molecule has 4 rings (SSSR count). The Balaban J connectivity index is 0.000000492. The van der Waals surface area contributed by atoms with Gasteiger partial charge in [-0.25, -0.2) is 19.7 Å². The first kappa shape index (κ1) is 46.1. The van der Waals surface area contributed by atoms with E-state index in [4.69, 9.17) is 25.4 Å². The SMILES string of the molecule is CC[C@]1(N)C[C@H](c2ncc(N(C)C)c(Cc3cc(C(F)(F)F)cc(C(F)(F)F)c3)n2)c2nc(OC)ccc2N1C(=O)O.O=C(O)CCCCOCCCCC(=O)O. The molecule has 57 heavy (non-hydrogen) atoms. The molecule has 20 heteroatoms. The number of anilines is 2. The highest BCUT2D eigenvalue weighted by molar-refractivity contribution is 5.89. The van der Waals surface area contributed by atoms with Crippen LogP contribution in [0.15, 0.2) is 36.5 Å². The van der Waals surface area contributed by atoms with E-state index in [1.165, 1.54) is 25.4 Å². The minimum atomic E-state index is -5.01. The molecule has 2 atom stereocenters. The van der Waals surface area contributed by atoms with Crippen LogP contribution in [-0.4, -0.2) is 88.4 Å². The molecule has 0 aliphatic carbocycles. The molecule has 5 N–H and O–H groups in total. The first-order valence-corrected chi connectivity index (χ1v) is 17.8. The van der Waals surface area contributed by atoms with E-state index in [-0.39, 0.29) is 72.5 Å². The van der Waals surface area contributed by atoms with Crippen molar-refractivity contribution in [3.63, 3.8) is 0 Å². The van der Waals surface area contributed by atoms with Crippen LogP contribution in [0.1, 0.15) is 98.1 Å². The Hall–Kier alpha value is -5.24. The van der Waals surface area contributed by atoms with Crippen LogP contribution in [0.2, 0.25) is 0 Å². The van der Waals surface area contributed by atoms with Crippen molar-refractivity contribution in [2.24, 2.45) is 5.73 Å². The molecule has 0 spiro atoms. The number of nitrogens with two attached hydrogens (primary N) is 1. The van der Waals surface area contributed by atoms with Gasteiger partial charge in [0.1, 0.15) is 11.5 Å². The Bertz CT molecular complexity index is 1810. The summed E-state index contributed by atoms with van der Waals surface area (Å²) >= 11 is 0. The highest BCUT2D eigenvalue weighted by Crippen LogP contribution is 2.45. The summed E-state index contributed by atoms with van der Waals surface area (Å²) in [6, 6.07) is 4.35. The predicted octanol–water partition coefficient (Wildman–Crippen LogP) is 7.17. The first-order valence-electron chi connectivity index (χ1n) is 17.8. The lowest BCUT2D eigenvalue weighted by Crippen LogP contribution is -2.61. The molecule has 0 bridgehead atoms. The molecule has 0 saturated heterocycles. The molecule has 0 radical (unpaired) electrons. The van der Waals surface area contributed by atoms with E-state index in [0.29, 0.717) is 43.9 Å². The number of hydrogen-bond donors (Lipinski definition) is 4. The van der Waals surface area contributed by atoms with Crippen molar-refractivity contribution in [3.05, 3.63) is 70.4 Å². The van der Waals surface area contributed by atoms with Gasteiger partial charge in [0.05, 0.1) is 53.1 Å². The fourth-order valence-corrected chi connectivity index (χ4v) is 6.07. The van der Waals surface area contributed by atoms with E-state index in [0.717, 1.165) is 17.7 Å². The van der Waals surface area contributed by atoms with E-state index in [1.807, 2.05) is 0 Å². The summed E-state index contributed by atoms with van der Waals surface area (Å²) in [5, 5.41) is 26.7. The lowest BCUT2D eigenvalue weighted by molar-refractivity contribution is -0.143. The number of aliphatic carboxylic acids is 2. The molecule has 1 aliphatic heterocycles. The lowest BCUT2D eigenvalue weighted by Gasteiger charge is -2.45. The zero-order chi connectivity index (χ0) is 42.7. The fraction of sp³-hybridized carbons (Fsp3) is 0.514. The van der Waals surface area contributed by atoms with Crippen LogP contribution >= 0.6 is 0 Å². The molecule has 1 aliphatic rings. The molecule has 0 unspecified atom stereocenters. The number of carboxylic acid groups (broad SMARTS) is 3. The molecule has 1 aromatic carbocycles. The topological polar surface area (TPSA) is 202 Å². The number of aromatic nitrogens is 3. The number of amides is 1. The Morgan fingerprint density at radius 1 is 0.912 bits per heavy atom. The van der Waals surface area contributed by atoms with Gasteiger partial charge in [0.25, 0.3) is 0 Å². The number of benzene rings is 1. The Kier molecular flexibility index (Phi) is 16.0. The van der Waals surface area contributed by atoms with Crippen molar-refractivity contribution >= 4 is 29.4 Å². The number of pyridine rings is 1. The van der Waals surface area contributed by atoms with Crippen LogP contribution in [-0.2, 0) is 33.1 Å². The molecular weight excluding hydrogens is 770 g/mol. The van der Waals surface area contributed by atoms with E-state index >= 15 is 0 Å². The van der Waals surface area contributed by atoms with E-state index in [9.17, 15) is 45.8 Å². The second kappa shape index (κ2) is 19.8. The van der Waals surface area contributed by atoms with Gasteiger partial charge >= 0.3 is 30.4 Å². The van der Waals surface area contributed by atoms with Gasteiger partial charge in [0.2, 0.25) is 5.88 Å². The second-order valence-corrected chi connectivity index (χ2v) is 13.4. The second-order valence-electron chi connectivity index (χ2n) is 13.4. The van der Waals surface area contributed by atoms with Crippen LogP contribution in [0, 0.1) is 0 Å². The summed E-state index contributed by atoms with van der Waals surface area (Å²) in [4.78, 5) is 48.6. The number of fused-ring (bicyclic) bond motifs is 1. The zero-order valence-corrected chi connectivity index (χ0v) is 31.8. The Morgan fingerprint density at radius 2 is 1.47 bits per heavy atom. The lowest BCUT2D eigenvalue weighted by atomic mass is 9.83.